The molecular weight excluding hydrogens is 218 g/mol. The predicted molar refractivity (Wildman–Crippen MR) is 77.3 cm³/mol. The Hall–Kier alpha value is -0.0400. The van der Waals surface area contributed by atoms with Crippen molar-refractivity contribution < 1.29 is 0 Å². The molecule has 3 saturated carbocycles. The van der Waals surface area contributed by atoms with E-state index in [-0.39, 0.29) is 5.54 Å². The lowest BCUT2D eigenvalue weighted by Crippen LogP contribution is -2.53. The smallest absolute Gasteiger partial charge is 0.0185 e. The molecule has 2 N–H and O–H groups in total. The first-order chi connectivity index (χ1) is 8.60. The first kappa shape index (κ1) is 13.0. The molecule has 0 aromatic carbocycles. The second kappa shape index (κ2) is 4.81. The standard InChI is InChI=1S/C17H31N/c1-3-12(2)5-4-6-17(18)11-15-8-13-7-14(15)10-16(17)9-13/h12-16H,3-11,18H2,1-2H3. The van der Waals surface area contributed by atoms with Gasteiger partial charge in [0.2, 0.25) is 0 Å². The maximum absolute atomic E-state index is 6.85. The van der Waals surface area contributed by atoms with Crippen LogP contribution in [0, 0.1) is 29.6 Å². The second-order valence-corrected chi connectivity index (χ2v) is 7.87. The van der Waals surface area contributed by atoms with Gasteiger partial charge in [-0.1, -0.05) is 33.1 Å². The Kier molecular flexibility index (Phi) is 3.47. The summed E-state index contributed by atoms with van der Waals surface area (Å²) >= 11 is 0. The van der Waals surface area contributed by atoms with Crippen molar-refractivity contribution in [1.29, 1.82) is 0 Å². The molecule has 1 nitrogen and oxygen atoms in total. The maximum atomic E-state index is 6.85. The third-order valence-corrected chi connectivity index (χ3v) is 6.64. The molecule has 3 aliphatic rings. The maximum Gasteiger partial charge on any atom is 0.0185 e. The molecule has 0 heterocycles. The van der Waals surface area contributed by atoms with E-state index >= 15 is 0 Å². The van der Waals surface area contributed by atoms with Crippen LogP contribution in [0.3, 0.4) is 0 Å². The van der Waals surface area contributed by atoms with Crippen LogP contribution in [0.2, 0.25) is 0 Å². The van der Waals surface area contributed by atoms with Crippen molar-refractivity contribution in [3.63, 3.8) is 0 Å². The minimum Gasteiger partial charge on any atom is -0.325 e. The molecule has 3 bridgehead atoms. The highest BCUT2D eigenvalue weighted by molar-refractivity contribution is 5.07. The molecule has 3 aliphatic carbocycles. The Morgan fingerprint density at radius 1 is 1.17 bits per heavy atom. The van der Waals surface area contributed by atoms with E-state index in [0.717, 1.165) is 29.6 Å². The summed E-state index contributed by atoms with van der Waals surface area (Å²) < 4.78 is 0. The zero-order valence-corrected chi connectivity index (χ0v) is 12.3. The van der Waals surface area contributed by atoms with Gasteiger partial charge in [0, 0.05) is 5.54 Å². The molecule has 6 unspecified atom stereocenters. The fourth-order valence-electron chi connectivity index (χ4n) is 5.35. The summed E-state index contributed by atoms with van der Waals surface area (Å²) in [6, 6.07) is 0. The van der Waals surface area contributed by atoms with E-state index in [0.29, 0.717) is 0 Å². The summed E-state index contributed by atoms with van der Waals surface area (Å²) in [6.45, 7) is 4.70. The van der Waals surface area contributed by atoms with Gasteiger partial charge in [-0.25, -0.2) is 0 Å². The van der Waals surface area contributed by atoms with Gasteiger partial charge in [-0.3, -0.25) is 0 Å². The van der Waals surface area contributed by atoms with Crippen LogP contribution in [0.1, 0.15) is 71.6 Å². The van der Waals surface area contributed by atoms with Gasteiger partial charge in [0.15, 0.2) is 0 Å². The number of nitrogens with two attached hydrogens (primary N) is 1. The predicted octanol–water partition coefficient (Wildman–Crippen LogP) is 4.36. The highest BCUT2D eigenvalue weighted by atomic mass is 14.8. The molecule has 0 aromatic heterocycles. The largest absolute Gasteiger partial charge is 0.325 e. The highest BCUT2D eigenvalue weighted by Gasteiger charge is 2.53. The van der Waals surface area contributed by atoms with E-state index in [2.05, 4.69) is 13.8 Å². The third-order valence-electron chi connectivity index (χ3n) is 6.64. The minimum absolute atomic E-state index is 0.226. The Balaban J connectivity index is 1.58. The van der Waals surface area contributed by atoms with Crippen molar-refractivity contribution >= 4 is 0 Å². The number of hydrogen-bond acceptors (Lipinski definition) is 1. The second-order valence-electron chi connectivity index (χ2n) is 7.87. The van der Waals surface area contributed by atoms with Crippen LogP contribution in [0.25, 0.3) is 0 Å². The molecule has 18 heavy (non-hydrogen) atoms. The van der Waals surface area contributed by atoms with Crippen LogP contribution < -0.4 is 5.73 Å². The molecule has 3 fully saturated rings. The van der Waals surface area contributed by atoms with Gasteiger partial charge in [0.1, 0.15) is 0 Å². The first-order valence-corrected chi connectivity index (χ1v) is 8.39. The summed E-state index contributed by atoms with van der Waals surface area (Å²) in [6.07, 6.45) is 12.7. The number of rotatable bonds is 5. The van der Waals surface area contributed by atoms with E-state index in [1.165, 1.54) is 51.4 Å². The minimum atomic E-state index is 0.226. The Morgan fingerprint density at radius 2 is 1.94 bits per heavy atom. The zero-order chi connectivity index (χ0) is 12.8. The van der Waals surface area contributed by atoms with Crippen LogP contribution in [0.15, 0.2) is 0 Å². The third kappa shape index (κ3) is 2.24. The molecule has 0 aliphatic heterocycles. The van der Waals surface area contributed by atoms with E-state index in [4.69, 9.17) is 5.73 Å². The van der Waals surface area contributed by atoms with Crippen LogP contribution in [-0.4, -0.2) is 5.54 Å². The van der Waals surface area contributed by atoms with Crippen molar-refractivity contribution in [1.82, 2.24) is 0 Å². The molecule has 0 saturated heterocycles. The van der Waals surface area contributed by atoms with Crippen LogP contribution in [0.4, 0.5) is 0 Å². The molecule has 0 radical (unpaired) electrons. The van der Waals surface area contributed by atoms with E-state index in [1.54, 1.807) is 6.42 Å². The highest BCUT2D eigenvalue weighted by Crippen LogP contribution is 2.58. The van der Waals surface area contributed by atoms with E-state index in [9.17, 15) is 0 Å². The van der Waals surface area contributed by atoms with Gasteiger partial charge < -0.3 is 5.73 Å². The van der Waals surface area contributed by atoms with Gasteiger partial charge in [-0.05, 0) is 68.1 Å². The molecule has 1 heteroatoms. The summed E-state index contributed by atoms with van der Waals surface area (Å²) in [5.74, 6) is 4.89. The average molecular weight is 249 g/mol. The fourth-order valence-corrected chi connectivity index (χ4v) is 5.35. The lowest BCUT2D eigenvalue weighted by Gasteiger charge is -2.48. The van der Waals surface area contributed by atoms with Gasteiger partial charge in [-0.2, -0.15) is 0 Å². The van der Waals surface area contributed by atoms with E-state index < -0.39 is 0 Å². The van der Waals surface area contributed by atoms with Gasteiger partial charge in [0.25, 0.3) is 0 Å². The monoisotopic (exact) mass is 249 g/mol. The molecule has 6 atom stereocenters. The van der Waals surface area contributed by atoms with Crippen molar-refractivity contribution in [2.24, 2.45) is 35.3 Å². The summed E-state index contributed by atoms with van der Waals surface area (Å²) in [4.78, 5) is 0. The van der Waals surface area contributed by atoms with E-state index in [1.807, 2.05) is 0 Å². The summed E-state index contributed by atoms with van der Waals surface area (Å²) in [5, 5.41) is 0. The SMILES string of the molecule is CCC(C)CCCC1(N)CC2CC3CC2CC1C3. The van der Waals surface area contributed by atoms with Crippen LogP contribution in [0.5, 0.6) is 0 Å². The normalized spacial score (nSPS) is 47.5. The Labute approximate surface area is 113 Å². The van der Waals surface area contributed by atoms with Crippen LogP contribution in [-0.2, 0) is 0 Å². The number of hydrogen-bond donors (Lipinski definition) is 1. The summed E-state index contributed by atoms with van der Waals surface area (Å²) in [7, 11) is 0. The van der Waals surface area contributed by atoms with Gasteiger partial charge >= 0.3 is 0 Å². The summed E-state index contributed by atoms with van der Waals surface area (Å²) in [5.41, 5.74) is 7.08. The molecular formula is C17H31N. The van der Waals surface area contributed by atoms with Crippen molar-refractivity contribution in [3.8, 4) is 0 Å². The molecule has 0 amide bonds. The lowest BCUT2D eigenvalue weighted by molar-refractivity contribution is 0.0737. The topological polar surface area (TPSA) is 26.0 Å². The van der Waals surface area contributed by atoms with Gasteiger partial charge in [-0.15, -0.1) is 0 Å². The molecule has 0 spiro atoms. The zero-order valence-electron chi connectivity index (χ0n) is 12.3. The fraction of sp³-hybridized carbons (Fsp3) is 1.00. The Morgan fingerprint density at radius 3 is 2.72 bits per heavy atom. The quantitative estimate of drug-likeness (QED) is 0.770. The molecule has 104 valence electrons. The van der Waals surface area contributed by atoms with Gasteiger partial charge in [0.05, 0.1) is 0 Å². The molecule has 0 aromatic rings. The first-order valence-electron chi connectivity index (χ1n) is 8.39. The average Bonchev–Trinajstić information content (AvgIpc) is 2.56. The van der Waals surface area contributed by atoms with Crippen molar-refractivity contribution in [2.45, 2.75) is 77.2 Å². The van der Waals surface area contributed by atoms with Crippen LogP contribution >= 0.6 is 0 Å². The molecule has 3 rings (SSSR count). The van der Waals surface area contributed by atoms with Crippen molar-refractivity contribution in [3.05, 3.63) is 0 Å². The lowest BCUT2D eigenvalue weighted by atomic mass is 9.61. The number of fused-ring (bicyclic) bond motifs is 2. The Bertz CT molecular complexity index is 298. The van der Waals surface area contributed by atoms with Crippen molar-refractivity contribution in [2.75, 3.05) is 0 Å².